The van der Waals surface area contributed by atoms with Crippen molar-refractivity contribution >= 4 is 23.1 Å². The molecule has 2 aliphatic rings. The molecule has 0 spiro atoms. The van der Waals surface area contributed by atoms with Crippen molar-refractivity contribution in [2.24, 2.45) is 0 Å². The summed E-state index contributed by atoms with van der Waals surface area (Å²) in [7, 11) is 0. The van der Waals surface area contributed by atoms with E-state index in [2.05, 4.69) is 10.1 Å². The van der Waals surface area contributed by atoms with E-state index < -0.39 is 5.60 Å². The van der Waals surface area contributed by atoms with Crippen LogP contribution in [0.15, 0.2) is 10.6 Å². The second-order valence-electron chi connectivity index (χ2n) is 8.58. The van der Waals surface area contributed by atoms with Crippen molar-refractivity contribution < 1.29 is 18.8 Å². The van der Waals surface area contributed by atoms with Gasteiger partial charge in [0.05, 0.1) is 16.6 Å². The van der Waals surface area contributed by atoms with Crippen LogP contribution in [0.25, 0.3) is 11.1 Å². The van der Waals surface area contributed by atoms with Gasteiger partial charge in [0.15, 0.2) is 0 Å². The minimum atomic E-state index is -0.530. The Bertz CT molecular complexity index is 918. The highest BCUT2D eigenvalue weighted by molar-refractivity contribution is 6.06. The van der Waals surface area contributed by atoms with E-state index in [-0.39, 0.29) is 12.0 Å². The van der Waals surface area contributed by atoms with E-state index >= 15 is 0 Å². The fraction of sp³-hybridized carbons (Fsp3) is 0.600. The third-order valence-electron chi connectivity index (χ3n) is 5.08. The van der Waals surface area contributed by atoms with Gasteiger partial charge in [-0.15, -0.1) is 0 Å². The van der Waals surface area contributed by atoms with Crippen molar-refractivity contribution in [3.63, 3.8) is 0 Å². The Morgan fingerprint density at radius 1 is 1.14 bits per heavy atom. The van der Waals surface area contributed by atoms with Gasteiger partial charge in [-0.2, -0.15) is 0 Å². The molecule has 0 N–H and O–H groups in total. The average Bonchev–Trinajstić information content (AvgIpc) is 3.43. The number of hydrogen-bond acceptors (Lipinski definition) is 6. The van der Waals surface area contributed by atoms with Crippen LogP contribution in [-0.2, 0) is 4.74 Å². The molecule has 150 valence electrons. The van der Waals surface area contributed by atoms with E-state index in [0.29, 0.717) is 54.5 Å². The van der Waals surface area contributed by atoms with Crippen molar-refractivity contribution in [3.8, 4) is 0 Å². The molecule has 0 aromatic carbocycles. The fourth-order valence-corrected chi connectivity index (χ4v) is 3.46. The maximum absolute atomic E-state index is 13.3. The third-order valence-corrected chi connectivity index (χ3v) is 5.08. The van der Waals surface area contributed by atoms with Gasteiger partial charge in [0.2, 0.25) is 0 Å². The second-order valence-corrected chi connectivity index (χ2v) is 8.58. The summed E-state index contributed by atoms with van der Waals surface area (Å²) >= 11 is 0. The van der Waals surface area contributed by atoms with Gasteiger partial charge in [-0.25, -0.2) is 9.78 Å². The van der Waals surface area contributed by atoms with Gasteiger partial charge in [-0.1, -0.05) is 5.16 Å². The number of piperazine rings is 1. The molecular formula is C20H26N4O4. The molecule has 3 heterocycles. The van der Waals surface area contributed by atoms with E-state index in [4.69, 9.17) is 9.26 Å². The van der Waals surface area contributed by atoms with Gasteiger partial charge in [0.1, 0.15) is 5.60 Å². The maximum Gasteiger partial charge on any atom is 0.410 e. The van der Waals surface area contributed by atoms with Crippen molar-refractivity contribution in [1.29, 1.82) is 0 Å². The number of fused-ring (bicyclic) bond motifs is 1. The summed E-state index contributed by atoms with van der Waals surface area (Å²) in [5.41, 5.74) is 2.06. The molecular weight excluding hydrogens is 360 g/mol. The van der Waals surface area contributed by atoms with Crippen molar-refractivity contribution in [2.45, 2.75) is 52.1 Å². The molecule has 1 saturated carbocycles. The van der Waals surface area contributed by atoms with Gasteiger partial charge in [0, 0.05) is 37.8 Å². The lowest BCUT2D eigenvalue weighted by Gasteiger charge is -2.35. The Kier molecular flexibility index (Phi) is 4.51. The lowest BCUT2D eigenvalue weighted by atomic mass is 10.1. The molecule has 0 atom stereocenters. The van der Waals surface area contributed by atoms with Gasteiger partial charge < -0.3 is 19.1 Å². The summed E-state index contributed by atoms with van der Waals surface area (Å²) in [5, 5.41) is 4.68. The van der Waals surface area contributed by atoms with Crippen LogP contribution in [0.2, 0.25) is 0 Å². The third kappa shape index (κ3) is 3.68. The number of pyridine rings is 1. The van der Waals surface area contributed by atoms with Gasteiger partial charge in [-0.05, 0) is 46.6 Å². The number of rotatable bonds is 2. The number of aryl methyl sites for hydroxylation is 1. The first-order valence-corrected chi connectivity index (χ1v) is 9.77. The number of carbonyl (C=O) groups excluding carboxylic acids is 2. The van der Waals surface area contributed by atoms with Crippen LogP contribution in [0.3, 0.4) is 0 Å². The molecule has 2 aromatic heterocycles. The van der Waals surface area contributed by atoms with E-state index in [0.717, 1.165) is 18.5 Å². The molecule has 28 heavy (non-hydrogen) atoms. The number of amides is 2. The monoisotopic (exact) mass is 386 g/mol. The zero-order chi connectivity index (χ0) is 20.1. The first kappa shape index (κ1) is 18.7. The van der Waals surface area contributed by atoms with Gasteiger partial charge in [-0.3, -0.25) is 4.79 Å². The number of carbonyl (C=O) groups is 2. The topological polar surface area (TPSA) is 88.8 Å². The van der Waals surface area contributed by atoms with E-state index in [1.54, 1.807) is 9.80 Å². The van der Waals surface area contributed by atoms with Gasteiger partial charge >= 0.3 is 6.09 Å². The lowest BCUT2D eigenvalue weighted by Crippen LogP contribution is -2.51. The predicted molar refractivity (Wildman–Crippen MR) is 102 cm³/mol. The van der Waals surface area contributed by atoms with Crippen LogP contribution in [0.5, 0.6) is 0 Å². The Morgan fingerprint density at radius 2 is 1.79 bits per heavy atom. The minimum Gasteiger partial charge on any atom is -0.444 e. The highest BCUT2D eigenvalue weighted by Gasteiger charge is 2.32. The molecule has 4 rings (SSSR count). The van der Waals surface area contributed by atoms with Crippen LogP contribution in [-0.4, -0.2) is 63.7 Å². The zero-order valence-corrected chi connectivity index (χ0v) is 16.8. The highest BCUT2D eigenvalue weighted by atomic mass is 16.6. The second kappa shape index (κ2) is 6.76. The van der Waals surface area contributed by atoms with E-state index in [1.165, 1.54) is 0 Å². The molecule has 2 fully saturated rings. The Morgan fingerprint density at radius 3 is 2.39 bits per heavy atom. The molecule has 0 unspecified atom stereocenters. The number of ether oxygens (including phenoxy) is 1. The molecule has 1 saturated heterocycles. The first-order valence-electron chi connectivity index (χ1n) is 9.77. The summed E-state index contributed by atoms with van der Waals surface area (Å²) in [6.07, 6.45) is 1.85. The number of nitrogens with zero attached hydrogens (tertiary/aromatic N) is 4. The average molecular weight is 386 g/mol. The molecule has 2 aromatic rings. The van der Waals surface area contributed by atoms with Crippen LogP contribution < -0.4 is 0 Å². The molecule has 8 heteroatoms. The maximum atomic E-state index is 13.3. The molecule has 1 aliphatic carbocycles. The SMILES string of the molecule is Cc1noc2nc(C3CC3)cc(C(=O)N3CCN(C(=O)OC(C)(C)C)CC3)c12. The first-order chi connectivity index (χ1) is 13.2. The van der Waals surface area contributed by atoms with Crippen LogP contribution in [0, 0.1) is 6.92 Å². The smallest absolute Gasteiger partial charge is 0.410 e. The van der Waals surface area contributed by atoms with Crippen molar-refractivity contribution in [3.05, 3.63) is 23.0 Å². The quantitative estimate of drug-likeness (QED) is 0.788. The van der Waals surface area contributed by atoms with Crippen LogP contribution in [0.4, 0.5) is 4.79 Å². The molecule has 0 radical (unpaired) electrons. The van der Waals surface area contributed by atoms with Crippen molar-refractivity contribution in [2.75, 3.05) is 26.2 Å². The summed E-state index contributed by atoms with van der Waals surface area (Å²) < 4.78 is 10.8. The van der Waals surface area contributed by atoms with Gasteiger partial charge in [0.25, 0.3) is 11.6 Å². The fourth-order valence-electron chi connectivity index (χ4n) is 3.46. The largest absolute Gasteiger partial charge is 0.444 e. The van der Waals surface area contributed by atoms with Crippen LogP contribution in [0.1, 0.15) is 61.3 Å². The molecule has 2 amide bonds. The lowest BCUT2D eigenvalue weighted by molar-refractivity contribution is 0.0141. The molecule has 1 aliphatic heterocycles. The highest BCUT2D eigenvalue weighted by Crippen LogP contribution is 2.40. The summed E-state index contributed by atoms with van der Waals surface area (Å²) in [6.45, 7) is 9.19. The Labute approximate surface area is 163 Å². The number of aromatic nitrogens is 2. The summed E-state index contributed by atoms with van der Waals surface area (Å²) in [5.74, 6) is 0.342. The van der Waals surface area contributed by atoms with E-state index in [1.807, 2.05) is 33.8 Å². The number of hydrogen-bond donors (Lipinski definition) is 0. The van der Waals surface area contributed by atoms with E-state index in [9.17, 15) is 9.59 Å². The predicted octanol–water partition coefficient (Wildman–Crippen LogP) is 3.10. The molecule has 8 nitrogen and oxygen atoms in total. The minimum absolute atomic E-state index is 0.0653. The van der Waals surface area contributed by atoms with Crippen molar-refractivity contribution in [1.82, 2.24) is 19.9 Å². The zero-order valence-electron chi connectivity index (χ0n) is 16.8. The molecule has 0 bridgehead atoms. The normalized spacial score (nSPS) is 17.9. The standard InChI is InChI=1S/C20H26N4O4/c1-12-16-14(11-15(13-5-6-13)21-17(16)28-22-12)18(25)23-7-9-24(10-8-23)19(26)27-20(2,3)4/h11,13H,5-10H2,1-4H3. The van der Waals surface area contributed by atoms with Crippen LogP contribution >= 0.6 is 0 Å². The summed E-state index contributed by atoms with van der Waals surface area (Å²) in [6, 6.07) is 1.90. The Hall–Kier alpha value is -2.64. The summed E-state index contributed by atoms with van der Waals surface area (Å²) in [4.78, 5) is 33.5. The Balaban J connectivity index is 1.51.